The minimum atomic E-state index is -5.05. The second-order valence-corrected chi connectivity index (χ2v) is 8.69. The van der Waals surface area contributed by atoms with Crippen LogP contribution >= 0.6 is 37.2 Å². The fourth-order valence-corrected chi connectivity index (χ4v) is 3.86. The van der Waals surface area contributed by atoms with E-state index in [4.69, 9.17) is 41.3 Å². The highest BCUT2D eigenvalue weighted by Crippen LogP contribution is 2.53. The molecule has 0 aromatic heterocycles. The normalized spacial score (nSPS) is 14.3. The van der Waals surface area contributed by atoms with Crippen LogP contribution in [0.25, 0.3) is 0 Å². The van der Waals surface area contributed by atoms with Gasteiger partial charge in [-0.3, -0.25) is 9.59 Å². The van der Waals surface area contributed by atoms with E-state index < -0.39 is 39.7 Å². The number of hydrogen-bond donors (Lipinski definition) is 8. The Morgan fingerprint density at radius 2 is 1.13 bits per heavy atom. The summed E-state index contributed by atoms with van der Waals surface area (Å²) in [5.74, 6) is -1.68. The van der Waals surface area contributed by atoms with E-state index in [1.807, 2.05) is 0 Å². The topological polar surface area (TPSA) is 251 Å². The van der Waals surface area contributed by atoms with Crippen molar-refractivity contribution in [1.82, 2.24) is 0 Å². The van der Waals surface area contributed by atoms with Gasteiger partial charge in [0.1, 0.15) is 12.1 Å². The minimum Gasteiger partial charge on any atom is -0.480 e. The third kappa shape index (κ3) is 19.8. The molecule has 0 heterocycles. The number of rotatable bonds is 9. The first kappa shape index (κ1) is 25.1. The summed E-state index contributed by atoms with van der Waals surface area (Å²) in [5, 5.41) is 16.8. The lowest BCUT2D eigenvalue weighted by Gasteiger charge is -2.07. The van der Waals surface area contributed by atoms with Gasteiger partial charge >= 0.3 is 27.6 Å². The van der Waals surface area contributed by atoms with Gasteiger partial charge in [-0.05, 0) is 0 Å². The Bertz CT molecular complexity index is 437. The number of phosphoric acid groups is 2. The highest BCUT2D eigenvalue weighted by Gasteiger charge is 2.27. The molecule has 0 aromatic carbocycles. The molecule has 17 heteroatoms. The largest absolute Gasteiger partial charge is 0.480 e. The van der Waals surface area contributed by atoms with Crippen molar-refractivity contribution < 1.29 is 52.8 Å². The van der Waals surface area contributed by atoms with Crippen molar-refractivity contribution in [3.8, 4) is 0 Å². The molecule has 23 heavy (non-hydrogen) atoms. The maximum absolute atomic E-state index is 10.3. The van der Waals surface area contributed by atoms with E-state index in [2.05, 4.69) is 4.31 Å². The van der Waals surface area contributed by atoms with Gasteiger partial charge in [-0.25, -0.2) is 9.13 Å². The first-order chi connectivity index (χ1) is 10.2. The highest BCUT2D eigenvalue weighted by molar-refractivity contribution is 8.76. The predicted octanol–water partition coefficient (Wildman–Crippen LogP) is -1.62. The number of hydrogen-bond acceptors (Lipinski definition) is 9. The minimum absolute atomic E-state index is 0.229. The average Bonchev–Trinajstić information content (AvgIpc) is 2.29. The van der Waals surface area contributed by atoms with Gasteiger partial charge in [0, 0.05) is 11.5 Å². The van der Waals surface area contributed by atoms with E-state index in [1.165, 1.54) is 21.6 Å². The fraction of sp³-hybridized carbons (Fsp3) is 0.667. The van der Waals surface area contributed by atoms with Crippen LogP contribution in [0, 0.1) is 0 Å². The maximum Gasteiger partial charge on any atom is 0.478 e. The van der Waals surface area contributed by atoms with Crippen molar-refractivity contribution in [3.05, 3.63) is 0 Å². The van der Waals surface area contributed by atoms with Crippen molar-refractivity contribution in [2.24, 2.45) is 11.5 Å². The molecule has 0 bridgehead atoms. The zero-order chi connectivity index (χ0) is 18.8. The molecular formula is C6H16N2O11P2S2. The number of carboxylic acid groups (broad SMARTS) is 2. The van der Waals surface area contributed by atoms with E-state index in [0.717, 1.165) is 0 Å². The zero-order valence-electron chi connectivity index (χ0n) is 11.2. The van der Waals surface area contributed by atoms with Crippen LogP contribution in [0.15, 0.2) is 0 Å². The van der Waals surface area contributed by atoms with Gasteiger partial charge in [0.25, 0.3) is 0 Å². The van der Waals surface area contributed by atoms with Gasteiger partial charge in [-0.1, -0.05) is 21.6 Å². The Hall–Kier alpha value is -0.180. The maximum atomic E-state index is 10.3. The summed E-state index contributed by atoms with van der Waals surface area (Å²) < 4.78 is 22.2. The quantitative estimate of drug-likeness (QED) is 0.119. The molecule has 0 unspecified atom stereocenters. The van der Waals surface area contributed by atoms with E-state index in [9.17, 15) is 18.7 Å². The summed E-state index contributed by atoms with van der Waals surface area (Å²) in [4.78, 5) is 51.5. The van der Waals surface area contributed by atoms with Gasteiger partial charge in [-0.15, -0.1) is 0 Å². The van der Waals surface area contributed by atoms with Crippen LogP contribution in [-0.2, 0) is 23.0 Å². The first-order valence-corrected chi connectivity index (χ1v) is 10.7. The van der Waals surface area contributed by atoms with Crippen molar-refractivity contribution in [1.29, 1.82) is 0 Å². The Morgan fingerprint density at radius 3 is 1.26 bits per heavy atom. The van der Waals surface area contributed by atoms with Crippen molar-refractivity contribution in [2.45, 2.75) is 12.1 Å². The fourth-order valence-electron chi connectivity index (χ4n) is 0.524. The van der Waals surface area contributed by atoms with Crippen LogP contribution in [0.4, 0.5) is 0 Å². The molecule has 0 aliphatic carbocycles. The Morgan fingerprint density at radius 1 is 0.870 bits per heavy atom. The predicted molar refractivity (Wildman–Crippen MR) is 81.3 cm³/mol. The van der Waals surface area contributed by atoms with Crippen LogP contribution in [-0.4, -0.2) is 65.3 Å². The van der Waals surface area contributed by atoms with Crippen molar-refractivity contribution >= 4 is 49.2 Å². The highest BCUT2D eigenvalue weighted by atomic mass is 33.1. The van der Waals surface area contributed by atoms with Gasteiger partial charge in [0.15, 0.2) is 0 Å². The Labute approximate surface area is 137 Å². The molecule has 0 fully saturated rings. The molecular weight excluding hydrogens is 402 g/mol. The standard InChI is InChI=1S/C6H12N2O4S2.H4O7P2/c7-3(5(9)10)1-13-14-2-4(8)6(11)12;1-8(2,3)7-9(4,5)6/h3-4H,1-2,7-8H2,(H,9,10)(H,11,12);(H2,1,2,3)(H2,4,5,6)/t3-,4-;/m0./s1. The molecule has 0 aromatic rings. The molecule has 0 rings (SSSR count). The van der Waals surface area contributed by atoms with Crippen LogP contribution in [0.2, 0.25) is 0 Å². The number of carboxylic acids is 2. The van der Waals surface area contributed by atoms with E-state index in [-0.39, 0.29) is 11.5 Å². The zero-order valence-corrected chi connectivity index (χ0v) is 14.6. The molecule has 2 atom stereocenters. The lowest BCUT2D eigenvalue weighted by Crippen LogP contribution is -2.33. The summed E-state index contributed by atoms with van der Waals surface area (Å²) in [6.07, 6.45) is 0. The molecule has 13 nitrogen and oxygen atoms in total. The van der Waals surface area contributed by atoms with E-state index in [0.29, 0.717) is 0 Å². The second kappa shape index (κ2) is 11.4. The number of carbonyl (C=O) groups is 2. The van der Waals surface area contributed by atoms with Crippen LogP contribution in [0.3, 0.4) is 0 Å². The SMILES string of the molecule is N[C@@H](CSSC[C@H](N)C(=O)O)C(=O)O.O=P(O)(O)OP(=O)(O)O. The monoisotopic (exact) mass is 418 g/mol. The first-order valence-electron chi connectivity index (χ1n) is 5.19. The van der Waals surface area contributed by atoms with E-state index >= 15 is 0 Å². The second-order valence-electron chi connectivity index (χ2n) is 3.52. The molecule has 0 aliphatic rings. The van der Waals surface area contributed by atoms with Crippen molar-refractivity contribution in [3.63, 3.8) is 0 Å². The smallest absolute Gasteiger partial charge is 0.478 e. The summed E-state index contributed by atoms with van der Waals surface area (Å²) in [6.45, 7) is 0. The van der Waals surface area contributed by atoms with Gasteiger partial charge in [0.2, 0.25) is 0 Å². The lowest BCUT2D eigenvalue weighted by atomic mass is 10.4. The van der Waals surface area contributed by atoms with Crippen LogP contribution < -0.4 is 11.5 Å². The van der Waals surface area contributed by atoms with Gasteiger partial charge < -0.3 is 41.3 Å². The van der Waals surface area contributed by atoms with Crippen molar-refractivity contribution in [2.75, 3.05) is 11.5 Å². The van der Waals surface area contributed by atoms with E-state index in [1.54, 1.807) is 0 Å². The molecule has 0 radical (unpaired) electrons. The number of nitrogens with two attached hydrogens (primary N) is 2. The van der Waals surface area contributed by atoms with Gasteiger partial charge in [-0.2, -0.15) is 4.31 Å². The van der Waals surface area contributed by atoms with Gasteiger partial charge in [0.05, 0.1) is 0 Å². The summed E-state index contributed by atoms with van der Waals surface area (Å²) in [7, 11) is -7.69. The molecule has 138 valence electrons. The Balaban J connectivity index is 0. The van der Waals surface area contributed by atoms with Crippen LogP contribution in [0.1, 0.15) is 0 Å². The molecule has 0 spiro atoms. The Kier molecular flexibility index (Phi) is 12.4. The third-order valence-corrected chi connectivity index (χ3v) is 5.60. The summed E-state index contributed by atoms with van der Waals surface area (Å²) in [5.41, 5.74) is 10.4. The number of aliphatic carboxylic acids is 2. The molecule has 0 saturated heterocycles. The molecule has 0 amide bonds. The summed E-state index contributed by atoms with van der Waals surface area (Å²) in [6, 6.07) is -1.85. The summed E-state index contributed by atoms with van der Waals surface area (Å²) >= 11 is 0. The molecule has 10 N–H and O–H groups in total. The average molecular weight is 418 g/mol. The molecule has 0 saturated carbocycles. The third-order valence-electron chi connectivity index (χ3n) is 1.43. The molecule has 0 aliphatic heterocycles. The van der Waals surface area contributed by atoms with Crippen LogP contribution in [0.5, 0.6) is 0 Å². The lowest BCUT2D eigenvalue weighted by molar-refractivity contribution is -0.138.